The van der Waals surface area contributed by atoms with Gasteiger partial charge in [0.25, 0.3) is 0 Å². The molecule has 1 aliphatic heterocycles. The van der Waals surface area contributed by atoms with Gasteiger partial charge in [-0.1, -0.05) is 39.5 Å². The fourth-order valence-corrected chi connectivity index (χ4v) is 3.80. The lowest BCUT2D eigenvalue weighted by Crippen LogP contribution is -2.53. The first-order chi connectivity index (χ1) is 9.72. The normalized spacial score (nSPS) is 28.6. The molecule has 3 heteroatoms. The number of piperidine rings is 1. The zero-order valence-electron chi connectivity index (χ0n) is 13.4. The Hall–Kier alpha value is -0.570. The molecule has 2 fully saturated rings. The van der Waals surface area contributed by atoms with Crippen LogP contribution in [0, 0.1) is 5.92 Å². The summed E-state index contributed by atoms with van der Waals surface area (Å²) < 4.78 is 0. The van der Waals surface area contributed by atoms with Crippen LogP contribution in [0.5, 0.6) is 0 Å². The molecule has 0 bridgehead atoms. The van der Waals surface area contributed by atoms with Gasteiger partial charge >= 0.3 is 0 Å². The molecule has 0 aromatic rings. The Balaban J connectivity index is 1.88. The van der Waals surface area contributed by atoms with Gasteiger partial charge in [-0.2, -0.15) is 0 Å². The predicted molar refractivity (Wildman–Crippen MR) is 83.7 cm³/mol. The first kappa shape index (κ1) is 15.8. The van der Waals surface area contributed by atoms with Crippen molar-refractivity contribution in [3.63, 3.8) is 0 Å². The number of hydrogen-bond donors (Lipinski definition) is 1. The lowest BCUT2D eigenvalue weighted by Gasteiger charge is -2.40. The SMILES string of the molecule is CCCC(=O)N1CC(CC)CC(NC2CCCCC2)C1. The van der Waals surface area contributed by atoms with Gasteiger partial charge < -0.3 is 10.2 Å². The van der Waals surface area contributed by atoms with Crippen LogP contribution in [0.2, 0.25) is 0 Å². The maximum atomic E-state index is 12.2. The van der Waals surface area contributed by atoms with Crippen molar-refractivity contribution in [1.82, 2.24) is 10.2 Å². The Morgan fingerprint density at radius 1 is 1.10 bits per heavy atom. The Bertz CT molecular complexity index is 299. The van der Waals surface area contributed by atoms with E-state index < -0.39 is 0 Å². The quantitative estimate of drug-likeness (QED) is 0.837. The molecule has 2 rings (SSSR count). The molecule has 3 nitrogen and oxygen atoms in total. The van der Waals surface area contributed by atoms with Crippen LogP contribution in [0.1, 0.15) is 71.6 Å². The van der Waals surface area contributed by atoms with Crippen LogP contribution in [-0.4, -0.2) is 36.0 Å². The monoisotopic (exact) mass is 280 g/mol. The van der Waals surface area contributed by atoms with Gasteiger partial charge in [0.15, 0.2) is 0 Å². The van der Waals surface area contributed by atoms with E-state index in [9.17, 15) is 4.79 Å². The highest BCUT2D eigenvalue weighted by molar-refractivity contribution is 5.76. The van der Waals surface area contributed by atoms with E-state index in [2.05, 4.69) is 24.1 Å². The van der Waals surface area contributed by atoms with E-state index in [0.717, 1.165) is 19.5 Å². The van der Waals surface area contributed by atoms with Crippen molar-refractivity contribution in [2.75, 3.05) is 13.1 Å². The summed E-state index contributed by atoms with van der Waals surface area (Å²) in [6.45, 7) is 6.27. The van der Waals surface area contributed by atoms with Crippen LogP contribution in [0.15, 0.2) is 0 Å². The number of nitrogens with one attached hydrogen (secondary N) is 1. The number of hydrogen-bond acceptors (Lipinski definition) is 2. The van der Waals surface area contributed by atoms with Crippen molar-refractivity contribution in [3.8, 4) is 0 Å². The minimum Gasteiger partial charge on any atom is -0.341 e. The Labute approximate surface area is 124 Å². The van der Waals surface area contributed by atoms with E-state index in [4.69, 9.17) is 0 Å². The molecule has 1 aliphatic carbocycles. The fourth-order valence-electron chi connectivity index (χ4n) is 3.80. The molecule has 1 saturated carbocycles. The Morgan fingerprint density at radius 2 is 1.85 bits per heavy atom. The molecule has 2 atom stereocenters. The van der Waals surface area contributed by atoms with Crippen LogP contribution >= 0.6 is 0 Å². The molecule has 116 valence electrons. The standard InChI is InChI=1S/C17H32N2O/c1-3-8-17(20)19-12-14(4-2)11-16(13-19)18-15-9-6-5-7-10-15/h14-16,18H,3-13H2,1-2H3. The summed E-state index contributed by atoms with van der Waals surface area (Å²) in [5, 5.41) is 3.86. The average molecular weight is 280 g/mol. The van der Waals surface area contributed by atoms with Crippen LogP contribution in [0.25, 0.3) is 0 Å². The van der Waals surface area contributed by atoms with E-state index >= 15 is 0 Å². The third kappa shape index (κ3) is 4.47. The van der Waals surface area contributed by atoms with Gasteiger partial charge in [0.2, 0.25) is 5.91 Å². The molecular formula is C17H32N2O. The number of amides is 1. The zero-order chi connectivity index (χ0) is 14.4. The van der Waals surface area contributed by atoms with E-state index in [0.29, 0.717) is 30.3 Å². The largest absolute Gasteiger partial charge is 0.341 e. The topological polar surface area (TPSA) is 32.3 Å². The second-order valence-corrected chi connectivity index (χ2v) is 6.76. The number of rotatable bonds is 5. The van der Waals surface area contributed by atoms with Gasteiger partial charge in [-0.3, -0.25) is 4.79 Å². The van der Waals surface area contributed by atoms with Crippen molar-refractivity contribution in [2.45, 2.75) is 83.7 Å². The number of carbonyl (C=O) groups excluding carboxylic acids is 1. The van der Waals surface area contributed by atoms with Crippen LogP contribution in [0.3, 0.4) is 0 Å². The van der Waals surface area contributed by atoms with Gasteiger partial charge in [0.1, 0.15) is 0 Å². The molecule has 0 spiro atoms. The summed E-state index contributed by atoms with van der Waals surface area (Å²) in [5.41, 5.74) is 0. The maximum absolute atomic E-state index is 12.2. The summed E-state index contributed by atoms with van der Waals surface area (Å²) in [6.07, 6.45) is 10.9. The minimum atomic E-state index is 0.362. The highest BCUT2D eigenvalue weighted by atomic mass is 16.2. The first-order valence-electron chi connectivity index (χ1n) is 8.76. The van der Waals surface area contributed by atoms with E-state index in [1.807, 2.05) is 0 Å². The van der Waals surface area contributed by atoms with Gasteiger partial charge in [-0.05, 0) is 31.6 Å². The second-order valence-electron chi connectivity index (χ2n) is 6.76. The average Bonchev–Trinajstić information content (AvgIpc) is 2.48. The van der Waals surface area contributed by atoms with E-state index in [-0.39, 0.29) is 0 Å². The zero-order valence-corrected chi connectivity index (χ0v) is 13.4. The van der Waals surface area contributed by atoms with Gasteiger partial charge in [-0.25, -0.2) is 0 Å². The highest BCUT2D eigenvalue weighted by Gasteiger charge is 2.30. The second kappa shape index (κ2) is 8.02. The summed E-state index contributed by atoms with van der Waals surface area (Å²) in [7, 11) is 0. The molecule has 1 saturated heterocycles. The Kier molecular flexibility index (Phi) is 6.34. The molecule has 2 aliphatic rings. The van der Waals surface area contributed by atoms with Crippen molar-refractivity contribution < 1.29 is 4.79 Å². The summed E-state index contributed by atoms with van der Waals surface area (Å²) in [6, 6.07) is 1.23. The lowest BCUT2D eigenvalue weighted by atomic mass is 9.89. The van der Waals surface area contributed by atoms with Crippen molar-refractivity contribution >= 4 is 5.91 Å². The fraction of sp³-hybridized carbons (Fsp3) is 0.941. The van der Waals surface area contributed by atoms with E-state index in [1.54, 1.807) is 0 Å². The van der Waals surface area contributed by atoms with Crippen LogP contribution < -0.4 is 5.32 Å². The molecular weight excluding hydrogens is 248 g/mol. The van der Waals surface area contributed by atoms with Crippen LogP contribution in [0.4, 0.5) is 0 Å². The van der Waals surface area contributed by atoms with Crippen molar-refractivity contribution in [2.24, 2.45) is 5.92 Å². The summed E-state index contributed by atoms with van der Waals surface area (Å²) >= 11 is 0. The molecule has 1 heterocycles. The Morgan fingerprint density at radius 3 is 2.50 bits per heavy atom. The maximum Gasteiger partial charge on any atom is 0.222 e. The molecule has 2 unspecified atom stereocenters. The summed E-state index contributed by atoms with van der Waals surface area (Å²) in [5.74, 6) is 1.05. The van der Waals surface area contributed by atoms with E-state index in [1.165, 1.54) is 44.9 Å². The lowest BCUT2D eigenvalue weighted by molar-refractivity contribution is -0.133. The molecule has 0 aromatic carbocycles. The molecule has 0 radical (unpaired) electrons. The highest BCUT2D eigenvalue weighted by Crippen LogP contribution is 2.24. The van der Waals surface area contributed by atoms with Gasteiger partial charge in [0, 0.05) is 31.6 Å². The van der Waals surface area contributed by atoms with Crippen LogP contribution in [-0.2, 0) is 4.79 Å². The number of carbonyl (C=O) groups is 1. The minimum absolute atomic E-state index is 0.362. The first-order valence-corrected chi connectivity index (χ1v) is 8.76. The molecule has 0 aromatic heterocycles. The van der Waals surface area contributed by atoms with Gasteiger partial charge in [-0.15, -0.1) is 0 Å². The number of nitrogens with zero attached hydrogens (tertiary/aromatic N) is 1. The predicted octanol–water partition coefficient (Wildman–Crippen LogP) is 3.34. The summed E-state index contributed by atoms with van der Waals surface area (Å²) in [4.78, 5) is 14.3. The third-order valence-electron chi connectivity index (χ3n) is 5.01. The third-order valence-corrected chi connectivity index (χ3v) is 5.01. The molecule has 1 amide bonds. The van der Waals surface area contributed by atoms with Crippen molar-refractivity contribution in [1.29, 1.82) is 0 Å². The smallest absolute Gasteiger partial charge is 0.222 e. The molecule has 20 heavy (non-hydrogen) atoms. The molecule has 1 N–H and O–H groups in total. The van der Waals surface area contributed by atoms with Crippen molar-refractivity contribution in [3.05, 3.63) is 0 Å². The van der Waals surface area contributed by atoms with Gasteiger partial charge in [0.05, 0.1) is 0 Å². The number of likely N-dealkylation sites (tertiary alicyclic amines) is 1.